The van der Waals surface area contributed by atoms with E-state index in [9.17, 15) is 18.0 Å². The van der Waals surface area contributed by atoms with Crippen molar-refractivity contribution in [1.29, 1.82) is 0 Å². The Hall–Kier alpha value is -1.83. The van der Waals surface area contributed by atoms with Crippen LogP contribution in [0.1, 0.15) is 13.8 Å². The van der Waals surface area contributed by atoms with E-state index < -0.39 is 15.9 Å². The van der Waals surface area contributed by atoms with Gasteiger partial charge in [0.25, 0.3) is 10.0 Å². The summed E-state index contributed by atoms with van der Waals surface area (Å²) < 4.78 is 26.2. The van der Waals surface area contributed by atoms with Crippen molar-refractivity contribution in [1.82, 2.24) is 14.5 Å². The van der Waals surface area contributed by atoms with Crippen molar-refractivity contribution in [2.45, 2.75) is 13.8 Å². The van der Waals surface area contributed by atoms with Crippen LogP contribution in [0.3, 0.4) is 0 Å². The Morgan fingerprint density at radius 3 is 2.42 bits per heavy atom. The summed E-state index contributed by atoms with van der Waals surface area (Å²) in [5.41, 5.74) is 0.231. The highest BCUT2D eigenvalue weighted by atomic mass is 32.2. The fourth-order valence-corrected chi connectivity index (χ4v) is 3.12. The highest BCUT2D eigenvalue weighted by Crippen LogP contribution is 2.22. The van der Waals surface area contributed by atoms with Gasteiger partial charge in [-0.15, -0.1) is 0 Å². The van der Waals surface area contributed by atoms with Crippen LogP contribution in [-0.2, 0) is 19.6 Å². The van der Waals surface area contributed by atoms with Crippen molar-refractivity contribution < 1.29 is 18.0 Å². The van der Waals surface area contributed by atoms with Gasteiger partial charge >= 0.3 is 0 Å². The third-order valence-corrected chi connectivity index (χ3v) is 4.17. The van der Waals surface area contributed by atoms with Crippen LogP contribution in [0.5, 0.6) is 0 Å². The molecule has 0 spiro atoms. The van der Waals surface area contributed by atoms with E-state index in [0.717, 1.165) is 6.92 Å². The average Bonchev–Trinajstić information content (AvgIpc) is 2.25. The maximum atomic E-state index is 12.1. The molecule has 0 aliphatic carbocycles. The molecular formula is C11H17N3O4S. The van der Waals surface area contributed by atoms with Crippen LogP contribution < -0.4 is 4.72 Å². The number of carbonyl (C=O) groups excluding carboxylic acids is 2. The molecule has 7 nitrogen and oxygen atoms in total. The zero-order valence-corrected chi connectivity index (χ0v) is 12.1. The molecule has 0 atom stereocenters. The van der Waals surface area contributed by atoms with Crippen LogP contribution >= 0.6 is 0 Å². The molecule has 1 N–H and O–H groups in total. The lowest BCUT2D eigenvalue weighted by Gasteiger charge is -2.29. The fraction of sp³-hybridized carbons (Fsp3) is 0.455. The summed E-state index contributed by atoms with van der Waals surface area (Å²) in [7, 11) is -0.946. The first kappa shape index (κ1) is 15.2. The largest absolute Gasteiger partial charge is 0.358 e. The van der Waals surface area contributed by atoms with E-state index in [0.29, 0.717) is 6.54 Å². The lowest BCUT2D eigenvalue weighted by atomic mass is 10.3. The molecule has 0 unspecified atom stereocenters. The summed E-state index contributed by atoms with van der Waals surface area (Å²) in [5, 5.41) is -0.0945. The summed E-state index contributed by atoms with van der Waals surface area (Å²) in [6.45, 7) is 2.83. The van der Waals surface area contributed by atoms with Crippen molar-refractivity contribution in [3.8, 4) is 0 Å². The number of amides is 2. The Morgan fingerprint density at radius 1 is 1.37 bits per heavy atom. The number of likely N-dealkylation sites (N-methyl/N-ethyl adjacent to an activating group) is 2. The average molecular weight is 287 g/mol. The van der Waals surface area contributed by atoms with Gasteiger partial charge in [0.1, 0.15) is 0 Å². The molecule has 0 bridgehead atoms. The molecule has 1 aliphatic heterocycles. The van der Waals surface area contributed by atoms with Crippen molar-refractivity contribution in [2.75, 3.05) is 20.6 Å². The molecule has 1 aliphatic rings. The van der Waals surface area contributed by atoms with Crippen LogP contribution in [0, 0.1) is 0 Å². The molecule has 0 saturated carbocycles. The number of sulfonamides is 1. The molecule has 0 fully saturated rings. The smallest absolute Gasteiger partial charge is 0.281 e. The van der Waals surface area contributed by atoms with Gasteiger partial charge in [-0.05, 0) is 6.08 Å². The molecule has 0 saturated heterocycles. The van der Waals surface area contributed by atoms with Gasteiger partial charge in [0.15, 0.2) is 5.03 Å². The fourth-order valence-electron chi connectivity index (χ4n) is 1.68. The minimum Gasteiger partial charge on any atom is -0.358 e. The van der Waals surface area contributed by atoms with E-state index in [4.69, 9.17) is 0 Å². The summed E-state index contributed by atoms with van der Waals surface area (Å²) in [4.78, 5) is 25.1. The molecule has 0 aromatic rings. The second-order valence-corrected chi connectivity index (χ2v) is 5.81. The molecular weight excluding hydrogens is 270 g/mol. The van der Waals surface area contributed by atoms with E-state index in [1.807, 2.05) is 4.72 Å². The number of hydrogen-bond acceptors (Lipinski definition) is 5. The minimum absolute atomic E-state index is 0.0945. The topological polar surface area (TPSA) is 86.8 Å². The second-order valence-electron chi connectivity index (χ2n) is 4.21. The maximum Gasteiger partial charge on any atom is 0.281 e. The SMILES string of the molecule is CC(=O)NS(=O)(=O)C1=C(N(C)C(C)=O)C=CCN1C. The Bertz CT molecular complexity index is 562. The van der Waals surface area contributed by atoms with E-state index >= 15 is 0 Å². The van der Waals surface area contributed by atoms with Gasteiger partial charge in [-0.25, -0.2) is 4.72 Å². The van der Waals surface area contributed by atoms with E-state index in [2.05, 4.69) is 0 Å². The molecule has 8 heteroatoms. The molecule has 19 heavy (non-hydrogen) atoms. The standard InChI is InChI=1S/C11H17N3O4S/c1-8(15)12-19(17,18)11-10(14(4)9(2)16)6-5-7-13(11)3/h5-6H,7H2,1-4H3,(H,12,15). The van der Waals surface area contributed by atoms with E-state index in [1.54, 1.807) is 19.2 Å². The molecule has 1 rings (SSSR count). The first-order valence-corrected chi connectivity index (χ1v) is 7.04. The van der Waals surface area contributed by atoms with Crippen LogP contribution in [0.2, 0.25) is 0 Å². The predicted molar refractivity (Wildman–Crippen MR) is 70.0 cm³/mol. The lowest BCUT2D eigenvalue weighted by molar-refractivity contribution is -0.125. The van der Waals surface area contributed by atoms with Gasteiger partial charge in [0, 0.05) is 34.5 Å². The summed E-state index contributed by atoms with van der Waals surface area (Å²) in [5.74, 6) is -0.981. The Balaban J connectivity index is 3.40. The molecule has 2 amide bonds. The van der Waals surface area contributed by atoms with Gasteiger partial charge in [-0.3, -0.25) is 9.59 Å². The van der Waals surface area contributed by atoms with Crippen molar-refractivity contribution in [2.24, 2.45) is 0 Å². The maximum absolute atomic E-state index is 12.1. The van der Waals surface area contributed by atoms with Crippen LogP contribution in [0.4, 0.5) is 0 Å². The minimum atomic E-state index is -4.00. The molecule has 0 aromatic carbocycles. The molecule has 106 valence electrons. The van der Waals surface area contributed by atoms with Gasteiger partial charge in [0.2, 0.25) is 11.8 Å². The summed E-state index contributed by atoms with van der Waals surface area (Å²) in [6, 6.07) is 0. The Labute approximate surface area is 112 Å². The zero-order valence-electron chi connectivity index (χ0n) is 11.3. The monoisotopic (exact) mass is 287 g/mol. The quantitative estimate of drug-likeness (QED) is 0.763. The van der Waals surface area contributed by atoms with Crippen LogP contribution in [0.15, 0.2) is 22.9 Å². The summed E-state index contributed by atoms with van der Waals surface area (Å²) >= 11 is 0. The van der Waals surface area contributed by atoms with Gasteiger partial charge in [-0.2, -0.15) is 8.42 Å². The molecule has 0 aromatic heterocycles. The van der Waals surface area contributed by atoms with Crippen molar-refractivity contribution in [3.63, 3.8) is 0 Å². The van der Waals surface area contributed by atoms with E-state index in [-0.39, 0.29) is 16.6 Å². The van der Waals surface area contributed by atoms with Crippen molar-refractivity contribution >= 4 is 21.8 Å². The number of carbonyl (C=O) groups is 2. The summed E-state index contributed by atoms with van der Waals surface area (Å²) in [6.07, 6.45) is 3.29. The number of nitrogens with zero attached hydrogens (tertiary/aromatic N) is 2. The van der Waals surface area contributed by atoms with Crippen LogP contribution in [-0.4, -0.2) is 50.7 Å². The third-order valence-electron chi connectivity index (χ3n) is 2.59. The van der Waals surface area contributed by atoms with Gasteiger partial charge < -0.3 is 9.80 Å². The number of hydrogen-bond donors (Lipinski definition) is 1. The first-order valence-electron chi connectivity index (χ1n) is 5.56. The number of rotatable bonds is 3. The first-order chi connectivity index (χ1) is 8.66. The molecule has 1 heterocycles. The van der Waals surface area contributed by atoms with Crippen LogP contribution in [0.25, 0.3) is 0 Å². The Morgan fingerprint density at radius 2 is 1.95 bits per heavy atom. The van der Waals surface area contributed by atoms with Crippen molar-refractivity contribution in [3.05, 3.63) is 22.9 Å². The van der Waals surface area contributed by atoms with E-state index in [1.165, 1.54) is 23.8 Å². The van der Waals surface area contributed by atoms with Gasteiger partial charge in [0.05, 0.1) is 5.70 Å². The zero-order chi connectivity index (χ0) is 14.8. The normalized spacial score (nSPS) is 15.5. The third kappa shape index (κ3) is 3.34. The lowest BCUT2D eigenvalue weighted by Crippen LogP contribution is -2.40. The predicted octanol–water partition coefficient (Wildman–Crippen LogP) is -0.399. The second kappa shape index (κ2) is 5.43. The number of allylic oxidation sites excluding steroid dienone is 1. The highest BCUT2D eigenvalue weighted by molar-refractivity contribution is 7.93. The Kier molecular flexibility index (Phi) is 4.35. The molecule has 0 radical (unpaired) electrons. The number of nitrogens with one attached hydrogen (secondary N) is 1. The van der Waals surface area contributed by atoms with Gasteiger partial charge in [-0.1, -0.05) is 6.08 Å². The highest BCUT2D eigenvalue weighted by Gasteiger charge is 2.30.